The van der Waals surface area contributed by atoms with Gasteiger partial charge in [0, 0.05) is 0 Å². The van der Waals surface area contributed by atoms with Gasteiger partial charge in [0.15, 0.2) is 0 Å². The predicted molar refractivity (Wildman–Crippen MR) is 56.3 cm³/mol. The lowest BCUT2D eigenvalue weighted by Crippen LogP contribution is -2.08. The van der Waals surface area contributed by atoms with Crippen molar-refractivity contribution in [2.24, 2.45) is 0 Å². The van der Waals surface area contributed by atoms with Crippen LogP contribution < -0.4 is 3.69 Å². The Labute approximate surface area is 87.8 Å². The highest BCUT2D eigenvalue weighted by molar-refractivity contribution is 7.01. The van der Waals surface area contributed by atoms with E-state index in [1.165, 1.54) is 28.5 Å². The zero-order valence-corrected chi connectivity index (χ0v) is 9.69. The van der Waals surface area contributed by atoms with Gasteiger partial charge in [-0.25, -0.2) is 0 Å². The molecular formula is C10H13ClMg. The quantitative estimate of drug-likeness (QED) is 0.644. The molecule has 1 rings (SSSR count). The second kappa shape index (κ2) is 5.84. The Morgan fingerprint density at radius 1 is 1.42 bits per heavy atom. The van der Waals surface area contributed by atoms with Gasteiger partial charge in [0.1, 0.15) is 0 Å². The molecule has 0 fully saturated rings. The lowest BCUT2D eigenvalue weighted by Gasteiger charge is -2.01. The number of hydrogen-bond acceptors (Lipinski definition) is 0. The molecule has 12 heavy (non-hydrogen) atoms. The van der Waals surface area contributed by atoms with Gasteiger partial charge >= 0.3 is 19.3 Å². The fraction of sp³-hybridized carbons (Fsp3) is 0.400. The van der Waals surface area contributed by atoms with Crippen LogP contribution in [0.4, 0.5) is 0 Å². The van der Waals surface area contributed by atoms with Crippen molar-refractivity contribution in [3.8, 4) is 0 Å². The molecule has 0 radical (unpaired) electrons. The highest BCUT2D eigenvalue weighted by Crippen LogP contribution is 2.02. The van der Waals surface area contributed by atoms with Gasteiger partial charge in [0.25, 0.3) is 0 Å². The van der Waals surface area contributed by atoms with Crippen LogP contribution in [0.15, 0.2) is 24.3 Å². The van der Waals surface area contributed by atoms with Crippen molar-refractivity contribution in [1.29, 1.82) is 0 Å². The van der Waals surface area contributed by atoms with Gasteiger partial charge in [-0.2, -0.15) is 0 Å². The number of aryl methyl sites for hydroxylation is 1. The molecule has 0 saturated carbocycles. The van der Waals surface area contributed by atoms with E-state index in [2.05, 4.69) is 31.2 Å². The second-order valence-corrected chi connectivity index (χ2v) is 4.94. The van der Waals surface area contributed by atoms with E-state index in [0.29, 0.717) is 0 Å². The van der Waals surface area contributed by atoms with Gasteiger partial charge in [-0.1, -0.05) is 43.2 Å². The summed E-state index contributed by atoms with van der Waals surface area (Å²) >= 11 is -0.481. The third-order valence-electron chi connectivity index (χ3n) is 1.96. The normalized spacial score (nSPS) is 9.50. The SMILES string of the molecule is CCCCc1ccc[c]([Mg][Cl])c1. The van der Waals surface area contributed by atoms with Crippen molar-refractivity contribution >= 4 is 32.0 Å². The Morgan fingerprint density at radius 2 is 2.25 bits per heavy atom. The van der Waals surface area contributed by atoms with Crippen molar-refractivity contribution in [3.05, 3.63) is 29.8 Å². The lowest BCUT2D eigenvalue weighted by atomic mass is 10.1. The second-order valence-electron chi connectivity index (χ2n) is 3.06. The summed E-state index contributed by atoms with van der Waals surface area (Å²) in [5.41, 5.74) is 1.45. The number of rotatable bonds is 4. The molecule has 0 aliphatic heterocycles. The summed E-state index contributed by atoms with van der Waals surface area (Å²) in [6.45, 7) is 2.22. The van der Waals surface area contributed by atoms with Crippen molar-refractivity contribution in [1.82, 2.24) is 0 Å². The third-order valence-corrected chi connectivity index (χ3v) is 3.64. The molecular weight excluding hydrogens is 180 g/mol. The molecule has 0 nitrogen and oxygen atoms in total. The molecule has 0 N–H and O–H groups in total. The molecule has 0 unspecified atom stereocenters. The lowest BCUT2D eigenvalue weighted by molar-refractivity contribution is 0.795. The Kier molecular flexibility index (Phi) is 5.04. The number of unbranched alkanes of at least 4 members (excludes halogenated alkanes) is 1. The average Bonchev–Trinajstić information content (AvgIpc) is 2.15. The maximum Gasteiger partial charge on any atom is 0.538 e. The van der Waals surface area contributed by atoms with Crippen LogP contribution >= 0.6 is 9.07 Å². The van der Waals surface area contributed by atoms with Crippen molar-refractivity contribution in [2.75, 3.05) is 0 Å². The van der Waals surface area contributed by atoms with Crippen molar-refractivity contribution in [2.45, 2.75) is 26.2 Å². The highest BCUT2D eigenvalue weighted by Gasteiger charge is 1.96. The number of hydrogen-bond donors (Lipinski definition) is 0. The van der Waals surface area contributed by atoms with Crippen LogP contribution in [0.5, 0.6) is 0 Å². The first-order valence-electron chi connectivity index (χ1n) is 4.50. The highest BCUT2D eigenvalue weighted by atomic mass is 35.5. The molecule has 0 aliphatic rings. The van der Waals surface area contributed by atoms with Crippen molar-refractivity contribution < 1.29 is 0 Å². The molecule has 0 atom stereocenters. The minimum absolute atomic E-state index is 0.481. The summed E-state index contributed by atoms with van der Waals surface area (Å²) in [4.78, 5) is 0. The van der Waals surface area contributed by atoms with Crippen molar-refractivity contribution in [3.63, 3.8) is 0 Å². The Morgan fingerprint density at radius 3 is 2.92 bits per heavy atom. The Hall–Kier alpha value is 0.276. The van der Waals surface area contributed by atoms with E-state index in [1.807, 2.05) is 0 Å². The first-order chi connectivity index (χ1) is 5.86. The third kappa shape index (κ3) is 3.34. The van der Waals surface area contributed by atoms with Crippen LogP contribution in [0.1, 0.15) is 25.3 Å². The fourth-order valence-electron chi connectivity index (χ4n) is 1.25. The summed E-state index contributed by atoms with van der Waals surface area (Å²) in [5, 5.41) is 0. The van der Waals surface area contributed by atoms with Gasteiger partial charge in [-0.15, -0.1) is 3.69 Å². The number of benzene rings is 1. The average molecular weight is 193 g/mol. The van der Waals surface area contributed by atoms with Crippen LogP contribution in [0.25, 0.3) is 0 Å². The Bertz CT molecular complexity index is 235. The van der Waals surface area contributed by atoms with Crippen LogP contribution in [-0.2, 0) is 6.42 Å². The summed E-state index contributed by atoms with van der Waals surface area (Å²) in [6.07, 6.45) is 3.76. The summed E-state index contributed by atoms with van der Waals surface area (Å²) in [7, 11) is 5.87. The molecule has 2 heteroatoms. The molecule has 1 aromatic rings. The van der Waals surface area contributed by atoms with E-state index in [4.69, 9.17) is 9.07 Å². The molecule has 0 spiro atoms. The monoisotopic (exact) mass is 192 g/mol. The van der Waals surface area contributed by atoms with E-state index in [9.17, 15) is 0 Å². The minimum Gasteiger partial charge on any atom is -0.336 e. The first-order valence-corrected chi connectivity index (χ1v) is 7.35. The van der Waals surface area contributed by atoms with E-state index in [1.54, 1.807) is 0 Å². The van der Waals surface area contributed by atoms with Crippen LogP contribution in [0.3, 0.4) is 0 Å². The zero-order valence-electron chi connectivity index (χ0n) is 7.52. The molecule has 0 amide bonds. The molecule has 0 bridgehead atoms. The van der Waals surface area contributed by atoms with Crippen LogP contribution in [0.2, 0.25) is 0 Å². The maximum atomic E-state index is 5.87. The predicted octanol–water partition coefficient (Wildman–Crippen LogP) is 2.51. The zero-order chi connectivity index (χ0) is 8.81. The summed E-state index contributed by atoms with van der Waals surface area (Å²) in [5.74, 6) is 0. The van der Waals surface area contributed by atoms with E-state index < -0.39 is 19.3 Å². The molecule has 0 saturated heterocycles. The topological polar surface area (TPSA) is 0 Å². The smallest absolute Gasteiger partial charge is 0.336 e. The fourth-order valence-corrected chi connectivity index (χ4v) is 2.31. The minimum atomic E-state index is -0.481. The summed E-state index contributed by atoms with van der Waals surface area (Å²) < 4.78 is 1.37. The van der Waals surface area contributed by atoms with Gasteiger partial charge in [0.2, 0.25) is 0 Å². The van der Waals surface area contributed by atoms with Crippen LogP contribution in [0, 0.1) is 0 Å². The Balaban J connectivity index is 2.60. The largest absolute Gasteiger partial charge is 0.538 e. The van der Waals surface area contributed by atoms with E-state index >= 15 is 0 Å². The standard InChI is InChI=1S/C10H13.ClH.Mg/c1-2-3-7-10-8-5-4-6-9-10;;/h4-5,8-9H,2-3,7H2,1H3;1H;/q;;+1/p-1. The van der Waals surface area contributed by atoms with Gasteiger partial charge in [-0.3, -0.25) is 0 Å². The van der Waals surface area contributed by atoms with Crippen LogP contribution in [-0.4, -0.2) is 19.3 Å². The van der Waals surface area contributed by atoms with E-state index in [-0.39, 0.29) is 0 Å². The van der Waals surface area contributed by atoms with E-state index in [0.717, 1.165) is 0 Å². The first kappa shape index (κ1) is 10.4. The molecule has 0 aromatic heterocycles. The van der Waals surface area contributed by atoms with Gasteiger partial charge in [0.05, 0.1) is 0 Å². The molecule has 62 valence electrons. The molecule has 1 aromatic carbocycles. The summed E-state index contributed by atoms with van der Waals surface area (Å²) in [6, 6.07) is 8.71. The molecule has 0 aliphatic carbocycles. The van der Waals surface area contributed by atoms with Gasteiger partial charge in [-0.05, 0) is 12.8 Å². The molecule has 0 heterocycles. The number of halogens is 1. The maximum absolute atomic E-state index is 5.87. The van der Waals surface area contributed by atoms with Gasteiger partial charge < -0.3 is 9.07 Å².